The molecule has 0 aliphatic carbocycles. The van der Waals surface area contributed by atoms with E-state index in [2.05, 4.69) is 5.10 Å². The molecule has 1 fully saturated rings. The van der Waals surface area contributed by atoms with E-state index in [9.17, 15) is 23.1 Å². The van der Waals surface area contributed by atoms with Crippen molar-refractivity contribution >= 4 is 5.91 Å². The molecule has 112 valence electrons. The summed E-state index contributed by atoms with van der Waals surface area (Å²) < 4.78 is 39.5. The van der Waals surface area contributed by atoms with Gasteiger partial charge in [0, 0.05) is 26.3 Å². The van der Waals surface area contributed by atoms with E-state index in [4.69, 9.17) is 0 Å². The van der Waals surface area contributed by atoms with Crippen molar-refractivity contribution in [3.05, 3.63) is 17.5 Å². The molecular weight excluding hydrogens is 275 g/mol. The molecular formula is C12H16F3N3O2. The number of aryl methyl sites for hydroxylation is 1. The quantitative estimate of drug-likeness (QED) is 0.848. The van der Waals surface area contributed by atoms with Crippen LogP contribution in [0, 0.1) is 5.92 Å². The van der Waals surface area contributed by atoms with Crippen LogP contribution >= 0.6 is 0 Å². The van der Waals surface area contributed by atoms with Crippen molar-refractivity contribution in [2.75, 3.05) is 13.1 Å². The zero-order valence-electron chi connectivity index (χ0n) is 11.2. The van der Waals surface area contributed by atoms with Crippen LogP contribution in [-0.4, -0.2) is 44.9 Å². The number of carbonyl (C=O) groups excluding carboxylic acids is 1. The van der Waals surface area contributed by atoms with E-state index in [0.717, 1.165) is 10.9 Å². The standard InChI is InChI=1S/C12H16F3N3O2/c1-7-3-4-18(6-9(7)19)11(20)8-5-17(2)16-10(8)12(13,14)15/h5,7,9,19H,3-4,6H2,1-2H3. The number of carbonyl (C=O) groups is 1. The predicted molar refractivity (Wildman–Crippen MR) is 63.9 cm³/mol. The Morgan fingerprint density at radius 2 is 2.15 bits per heavy atom. The third-order valence-electron chi connectivity index (χ3n) is 3.53. The van der Waals surface area contributed by atoms with E-state index >= 15 is 0 Å². The van der Waals surface area contributed by atoms with Crippen molar-refractivity contribution in [3.63, 3.8) is 0 Å². The summed E-state index contributed by atoms with van der Waals surface area (Å²) >= 11 is 0. The van der Waals surface area contributed by atoms with Crippen molar-refractivity contribution < 1.29 is 23.1 Å². The number of likely N-dealkylation sites (tertiary alicyclic amines) is 1. The summed E-state index contributed by atoms with van der Waals surface area (Å²) in [5.41, 5.74) is -1.65. The maximum absolute atomic E-state index is 12.8. The number of aliphatic hydroxyl groups is 1. The van der Waals surface area contributed by atoms with Gasteiger partial charge < -0.3 is 10.0 Å². The minimum Gasteiger partial charge on any atom is -0.391 e. The molecule has 0 radical (unpaired) electrons. The molecule has 1 amide bonds. The normalized spacial score (nSPS) is 24.0. The van der Waals surface area contributed by atoms with Crippen LogP contribution in [0.2, 0.25) is 0 Å². The van der Waals surface area contributed by atoms with E-state index in [-0.39, 0.29) is 12.5 Å². The third kappa shape index (κ3) is 2.79. The van der Waals surface area contributed by atoms with E-state index in [1.807, 2.05) is 6.92 Å². The second-order valence-electron chi connectivity index (χ2n) is 5.15. The van der Waals surface area contributed by atoms with Crippen molar-refractivity contribution in [2.24, 2.45) is 13.0 Å². The molecule has 2 heterocycles. The highest BCUT2D eigenvalue weighted by Crippen LogP contribution is 2.31. The molecule has 2 unspecified atom stereocenters. The topological polar surface area (TPSA) is 58.4 Å². The molecule has 0 bridgehead atoms. The minimum absolute atomic E-state index is 0.0371. The number of halogens is 3. The first-order valence-electron chi connectivity index (χ1n) is 6.28. The van der Waals surface area contributed by atoms with E-state index in [0.29, 0.717) is 13.0 Å². The lowest BCUT2D eigenvalue weighted by Crippen LogP contribution is -2.46. The number of aliphatic hydroxyl groups excluding tert-OH is 1. The van der Waals surface area contributed by atoms with Gasteiger partial charge in [-0.1, -0.05) is 6.92 Å². The highest BCUT2D eigenvalue weighted by Gasteiger charge is 2.40. The Balaban J connectivity index is 2.26. The van der Waals surface area contributed by atoms with Gasteiger partial charge >= 0.3 is 6.18 Å². The van der Waals surface area contributed by atoms with Gasteiger partial charge in [0.1, 0.15) is 0 Å². The first kappa shape index (κ1) is 14.8. The van der Waals surface area contributed by atoms with Crippen LogP contribution in [0.5, 0.6) is 0 Å². The number of β-amino-alcohol motifs (C(OH)–C–C–N with tert-alkyl or cyclic N) is 1. The average molecular weight is 291 g/mol. The second kappa shape index (κ2) is 5.08. The largest absolute Gasteiger partial charge is 0.435 e. The Labute approximate surface area is 114 Å². The minimum atomic E-state index is -4.67. The highest BCUT2D eigenvalue weighted by molar-refractivity contribution is 5.95. The van der Waals surface area contributed by atoms with Gasteiger partial charge in [0.05, 0.1) is 11.7 Å². The van der Waals surface area contributed by atoms with E-state index in [1.54, 1.807) is 0 Å². The van der Waals surface area contributed by atoms with Gasteiger partial charge in [0.25, 0.3) is 5.91 Å². The van der Waals surface area contributed by atoms with Crippen LogP contribution < -0.4 is 0 Å². The van der Waals surface area contributed by atoms with Crippen molar-refractivity contribution in [3.8, 4) is 0 Å². The Bertz CT molecular complexity index is 513. The lowest BCUT2D eigenvalue weighted by molar-refractivity contribution is -0.141. The maximum Gasteiger partial charge on any atom is 0.435 e. The maximum atomic E-state index is 12.8. The molecule has 1 N–H and O–H groups in total. The number of piperidine rings is 1. The van der Waals surface area contributed by atoms with Gasteiger partial charge in [-0.15, -0.1) is 0 Å². The fraction of sp³-hybridized carbons (Fsp3) is 0.667. The molecule has 1 aliphatic heterocycles. The Hall–Kier alpha value is -1.57. The smallest absolute Gasteiger partial charge is 0.391 e. The Morgan fingerprint density at radius 1 is 1.50 bits per heavy atom. The number of hydrogen-bond donors (Lipinski definition) is 1. The molecule has 2 rings (SSSR count). The monoisotopic (exact) mass is 291 g/mol. The summed E-state index contributed by atoms with van der Waals surface area (Å²) in [4.78, 5) is 13.4. The summed E-state index contributed by atoms with van der Waals surface area (Å²) in [5.74, 6) is -0.702. The summed E-state index contributed by atoms with van der Waals surface area (Å²) in [6.07, 6.45) is -3.75. The molecule has 1 aliphatic rings. The van der Waals surface area contributed by atoms with Crippen LogP contribution in [0.25, 0.3) is 0 Å². The van der Waals surface area contributed by atoms with Gasteiger partial charge in [0.2, 0.25) is 0 Å². The number of nitrogens with zero attached hydrogens (tertiary/aromatic N) is 3. The Morgan fingerprint density at radius 3 is 2.70 bits per heavy atom. The van der Waals surface area contributed by atoms with E-state index in [1.165, 1.54) is 11.9 Å². The molecule has 1 aromatic rings. The van der Waals surface area contributed by atoms with Gasteiger partial charge in [-0.25, -0.2) is 0 Å². The SMILES string of the molecule is CC1CCN(C(=O)c2cn(C)nc2C(F)(F)F)CC1O. The number of amides is 1. The first-order valence-corrected chi connectivity index (χ1v) is 6.28. The fourth-order valence-electron chi connectivity index (χ4n) is 2.26. The van der Waals surface area contributed by atoms with E-state index < -0.39 is 29.4 Å². The van der Waals surface area contributed by atoms with Gasteiger partial charge in [-0.05, 0) is 12.3 Å². The van der Waals surface area contributed by atoms with Gasteiger partial charge in [0.15, 0.2) is 5.69 Å². The van der Waals surface area contributed by atoms with Crippen molar-refractivity contribution in [1.29, 1.82) is 0 Å². The second-order valence-corrected chi connectivity index (χ2v) is 5.15. The van der Waals surface area contributed by atoms with Crippen LogP contribution in [-0.2, 0) is 13.2 Å². The predicted octanol–water partition coefficient (Wildman–Crippen LogP) is 1.28. The van der Waals surface area contributed by atoms with Crippen LogP contribution in [0.1, 0.15) is 29.4 Å². The van der Waals surface area contributed by atoms with Gasteiger partial charge in [-0.3, -0.25) is 9.48 Å². The Kier molecular flexibility index (Phi) is 3.77. The molecule has 5 nitrogen and oxygen atoms in total. The van der Waals surface area contributed by atoms with Crippen LogP contribution in [0.15, 0.2) is 6.20 Å². The summed E-state index contributed by atoms with van der Waals surface area (Å²) in [5, 5.41) is 13.1. The van der Waals surface area contributed by atoms with Crippen LogP contribution in [0.4, 0.5) is 13.2 Å². The lowest BCUT2D eigenvalue weighted by atomic mass is 9.95. The molecule has 0 saturated carbocycles. The lowest BCUT2D eigenvalue weighted by Gasteiger charge is -2.34. The number of rotatable bonds is 1. The molecule has 0 aromatic carbocycles. The number of hydrogen-bond acceptors (Lipinski definition) is 3. The first-order chi connectivity index (χ1) is 9.20. The third-order valence-corrected chi connectivity index (χ3v) is 3.53. The number of aromatic nitrogens is 2. The molecule has 1 aromatic heterocycles. The van der Waals surface area contributed by atoms with Crippen molar-refractivity contribution in [1.82, 2.24) is 14.7 Å². The highest BCUT2D eigenvalue weighted by atomic mass is 19.4. The number of alkyl halides is 3. The molecule has 1 saturated heterocycles. The molecule has 2 atom stereocenters. The average Bonchev–Trinajstić information content (AvgIpc) is 2.74. The zero-order chi connectivity index (χ0) is 15.1. The van der Waals surface area contributed by atoms with Crippen LogP contribution in [0.3, 0.4) is 0 Å². The molecule has 8 heteroatoms. The summed E-state index contributed by atoms with van der Waals surface area (Å²) in [6.45, 7) is 2.23. The zero-order valence-corrected chi connectivity index (χ0v) is 11.2. The molecule has 20 heavy (non-hydrogen) atoms. The fourth-order valence-corrected chi connectivity index (χ4v) is 2.26. The summed E-state index contributed by atoms with van der Waals surface area (Å²) in [6, 6.07) is 0. The summed E-state index contributed by atoms with van der Waals surface area (Å²) in [7, 11) is 1.33. The van der Waals surface area contributed by atoms with Crippen molar-refractivity contribution in [2.45, 2.75) is 25.6 Å². The molecule has 0 spiro atoms. The van der Waals surface area contributed by atoms with Gasteiger partial charge in [-0.2, -0.15) is 18.3 Å².